The normalized spacial score (nSPS) is 12.7. The molecule has 0 spiro atoms. The zero-order chi connectivity index (χ0) is 11.5. The first-order chi connectivity index (χ1) is 7.70. The lowest BCUT2D eigenvalue weighted by molar-refractivity contribution is 0.624. The first-order valence-corrected chi connectivity index (χ1v) is 5.21. The van der Waals surface area contributed by atoms with Crippen LogP contribution in [0.15, 0.2) is 24.3 Å². The van der Waals surface area contributed by atoms with Gasteiger partial charge in [-0.3, -0.25) is 0 Å². The Bertz CT molecular complexity index is 459. The van der Waals surface area contributed by atoms with E-state index in [1.54, 1.807) is 7.05 Å². The van der Waals surface area contributed by atoms with E-state index in [0.29, 0.717) is 12.4 Å². The monoisotopic (exact) mass is 217 g/mol. The van der Waals surface area contributed by atoms with Crippen LogP contribution in [0.3, 0.4) is 0 Å². The minimum Gasteiger partial charge on any atom is -0.329 e. The Morgan fingerprint density at radius 3 is 2.50 bits per heavy atom. The van der Waals surface area contributed by atoms with Gasteiger partial charge in [0.25, 0.3) is 0 Å². The lowest BCUT2D eigenvalue weighted by Crippen LogP contribution is -2.15. The van der Waals surface area contributed by atoms with E-state index in [1.807, 2.05) is 0 Å². The van der Waals surface area contributed by atoms with Gasteiger partial charge in [-0.2, -0.15) is 4.80 Å². The number of aromatic nitrogens is 4. The highest BCUT2D eigenvalue weighted by molar-refractivity contribution is 5.28. The molecule has 1 aromatic heterocycles. The molecule has 0 aliphatic carbocycles. The van der Waals surface area contributed by atoms with E-state index in [1.165, 1.54) is 10.4 Å². The number of rotatable bonds is 3. The third kappa shape index (κ3) is 2.09. The van der Waals surface area contributed by atoms with Crippen LogP contribution in [-0.4, -0.2) is 26.8 Å². The highest BCUT2D eigenvalue weighted by atomic mass is 15.6. The van der Waals surface area contributed by atoms with Crippen LogP contribution in [0.2, 0.25) is 0 Å². The summed E-state index contributed by atoms with van der Waals surface area (Å²) in [6.07, 6.45) is 0. The highest BCUT2D eigenvalue weighted by Gasteiger charge is 2.17. The molecule has 0 bridgehead atoms. The fraction of sp³-hybridized carbons (Fsp3) is 0.364. The molecule has 0 radical (unpaired) electrons. The molecule has 2 aromatic rings. The van der Waals surface area contributed by atoms with Crippen molar-refractivity contribution in [2.75, 3.05) is 6.54 Å². The molecule has 1 heterocycles. The SMILES string of the molecule is Cc1ccc(C(CN)c2nnn(C)n2)cc1. The van der Waals surface area contributed by atoms with Crippen LogP contribution in [0.4, 0.5) is 0 Å². The highest BCUT2D eigenvalue weighted by Crippen LogP contribution is 2.20. The summed E-state index contributed by atoms with van der Waals surface area (Å²) >= 11 is 0. The molecule has 5 nitrogen and oxygen atoms in total. The van der Waals surface area contributed by atoms with Crippen LogP contribution < -0.4 is 5.73 Å². The Kier molecular flexibility index (Phi) is 2.96. The predicted octanol–water partition coefficient (Wildman–Crippen LogP) is 0.609. The van der Waals surface area contributed by atoms with Gasteiger partial charge in [0.15, 0.2) is 5.82 Å². The van der Waals surface area contributed by atoms with Crippen LogP contribution in [-0.2, 0) is 7.05 Å². The van der Waals surface area contributed by atoms with Gasteiger partial charge in [0, 0.05) is 6.54 Å². The molecule has 1 aromatic carbocycles. The number of tetrazole rings is 1. The molecule has 0 saturated carbocycles. The van der Waals surface area contributed by atoms with Gasteiger partial charge in [-0.05, 0) is 17.7 Å². The van der Waals surface area contributed by atoms with Crippen molar-refractivity contribution in [3.05, 3.63) is 41.2 Å². The second kappa shape index (κ2) is 4.40. The number of hydrogen-bond acceptors (Lipinski definition) is 4. The lowest BCUT2D eigenvalue weighted by atomic mass is 9.98. The van der Waals surface area contributed by atoms with E-state index in [-0.39, 0.29) is 5.92 Å². The fourth-order valence-electron chi connectivity index (χ4n) is 1.63. The van der Waals surface area contributed by atoms with Crippen LogP contribution in [0, 0.1) is 6.92 Å². The lowest BCUT2D eigenvalue weighted by Gasteiger charge is -2.10. The number of nitrogens with two attached hydrogens (primary N) is 1. The molecule has 16 heavy (non-hydrogen) atoms. The van der Waals surface area contributed by atoms with Gasteiger partial charge in [0.05, 0.1) is 13.0 Å². The van der Waals surface area contributed by atoms with Crippen molar-refractivity contribution in [3.8, 4) is 0 Å². The molecular formula is C11H15N5. The van der Waals surface area contributed by atoms with Crippen molar-refractivity contribution in [2.45, 2.75) is 12.8 Å². The quantitative estimate of drug-likeness (QED) is 0.817. The summed E-state index contributed by atoms with van der Waals surface area (Å²) in [5.74, 6) is 0.697. The zero-order valence-electron chi connectivity index (χ0n) is 9.46. The van der Waals surface area contributed by atoms with E-state index in [2.05, 4.69) is 46.6 Å². The summed E-state index contributed by atoms with van der Waals surface area (Å²) < 4.78 is 0. The predicted molar refractivity (Wildman–Crippen MR) is 60.9 cm³/mol. The van der Waals surface area contributed by atoms with Crippen molar-refractivity contribution in [3.63, 3.8) is 0 Å². The molecule has 0 amide bonds. The number of nitrogens with zero attached hydrogens (tertiary/aromatic N) is 4. The largest absolute Gasteiger partial charge is 0.329 e. The number of aryl methyl sites for hydroxylation is 2. The second-order valence-electron chi connectivity index (χ2n) is 3.84. The summed E-state index contributed by atoms with van der Waals surface area (Å²) in [6.45, 7) is 2.54. The molecule has 0 fully saturated rings. The summed E-state index contributed by atoms with van der Waals surface area (Å²) in [5, 5.41) is 12.0. The van der Waals surface area contributed by atoms with Gasteiger partial charge >= 0.3 is 0 Å². The summed E-state index contributed by atoms with van der Waals surface area (Å²) in [5.41, 5.74) is 8.12. The molecule has 2 N–H and O–H groups in total. The summed E-state index contributed by atoms with van der Waals surface area (Å²) in [4.78, 5) is 1.45. The van der Waals surface area contributed by atoms with Crippen molar-refractivity contribution < 1.29 is 0 Å². The first kappa shape index (κ1) is 10.8. The van der Waals surface area contributed by atoms with E-state index in [4.69, 9.17) is 5.73 Å². The second-order valence-corrected chi connectivity index (χ2v) is 3.84. The maximum Gasteiger partial charge on any atom is 0.183 e. The third-order valence-corrected chi connectivity index (χ3v) is 2.55. The molecular weight excluding hydrogens is 202 g/mol. The van der Waals surface area contributed by atoms with Gasteiger partial charge < -0.3 is 5.73 Å². The van der Waals surface area contributed by atoms with Crippen molar-refractivity contribution in [1.82, 2.24) is 20.2 Å². The van der Waals surface area contributed by atoms with E-state index < -0.39 is 0 Å². The molecule has 2 rings (SSSR count). The van der Waals surface area contributed by atoms with Crippen molar-refractivity contribution in [2.24, 2.45) is 12.8 Å². The van der Waals surface area contributed by atoms with Crippen molar-refractivity contribution >= 4 is 0 Å². The van der Waals surface area contributed by atoms with Gasteiger partial charge in [-0.25, -0.2) is 0 Å². The third-order valence-electron chi connectivity index (χ3n) is 2.55. The molecule has 0 aliphatic rings. The van der Waals surface area contributed by atoms with Gasteiger partial charge in [-0.15, -0.1) is 10.2 Å². The first-order valence-electron chi connectivity index (χ1n) is 5.21. The Morgan fingerprint density at radius 1 is 1.31 bits per heavy atom. The van der Waals surface area contributed by atoms with Crippen LogP contribution >= 0.6 is 0 Å². The number of benzene rings is 1. The van der Waals surface area contributed by atoms with E-state index in [9.17, 15) is 0 Å². The smallest absolute Gasteiger partial charge is 0.183 e. The topological polar surface area (TPSA) is 69.6 Å². The Labute approximate surface area is 94.3 Å². The maximum atomic E-state index is 5.77. The average Bonchev–Trinajstić information content (AvgIpc) is 2.69. The molecule has 0 saturated heterocycles. The van der Waals surface area contributed by atoms with Gasteiger partial charge in [0.1, 0.15) is 0 Å². The Hall–Kier alpha value is -1.75. The number of hydrogen-bond donors (Lipinski definition) is 1. The van der Waals surface area contributed by atoms with E-state index >= 15 is 0 Å². The Balaban J connectivity index is 2.32. The molecule has 1 unspecified atom stereocenters. The minimum absolute atomic E-state index is 0.0225. The standard InChI is InChI=1S/C11H15N5/c1-8-3-5-9(6-4-8)10(7-12)11-13-15-16(2)14-11/h3-6,10H,7,12H2,1-2H3. The van der Waals surface area contributed by atoms with Crippen LogP contribution in [0.25, 0.3) is 0 Å². The van der Waals surface area contributed by atoms with Gasteiger partial charge in [-0.1, -0.05) is 29.8 Å². The summed E-state index contributed by atoms with van der Waals surface area (Å²) in [6, 6.07) is 8.25. The van der Waals surface area contributed by atoms with E-state index in [0.717, 1.165) is 5.56 Å². The van der Waals surface area contributed by atoms with Crippen molar-refractivity contribution in [1.29, 1.82) is 0 Å². The zero-order valence-corrected chi connectivity index (χ0v) is 9.46. The summed E-state index contributed by atoms with van der Waals surface area (Å²) in [7, 11) is 1.75. The molecule has 84 valence electrons. The van der Waals surface area contributed by atoms with Gasteiger partial charge in [0.2, 0.25) is 0 Å². The molecule has 1 atom stereocenters. The van der Waals surface area contributed by atoms with Crippen LogP contribution in [0.5, 0.6) is 0 Å². The average molecular weight is 217 g/mol. The maximum absolute atomic E-state index is 5.77. The fourth-order valence-corrected chi connectivity index (χ4v) is 1.63. The van der Waals surface area contributed by atoms with Crippen LogP contribution in [0.1, 0.15) is 22.9 Å². The molecule has 0 aliphatic heterocycles. The Morgan fingerprint density at radius 2 is 2.00 bits per heavy atom. The minimum atomic E-state index is 0.0225. The molecule has 5 heteroatoms.